The Bertz CT molecular complexity index is 266. The number of hydrogen-bond donors (Lipinski definition) is 0. The second-order valence-electron chi connectivity index (χ2n) is 6.22. The fourth-order valence-corrected chi connectivity index (χ4v) is 2.50. The third-order valence-electron chi connectivity index (χ3n) is 4.47. The first-order valence-electron chi connectivity index (χ1n) is 7.07. The summed E-state index contributed by atoms with van der Waals surface area (Å²) in [5.74, 6) is 1.77. The van der Waals surface area contributed by atoms with Gasteiger partial charge in [-0.1, -0.05) is 34.6 Å². The predicted octanol–water partition coefficient (Wildman–Crippen LogP) is 4.04. The average Bonchev–Trinajstić information content (AvgIpc) is 2.94. The van der Waals surface area contributed by atoms with Crippen LogP contribution in [0.5, 0.6) is 0 Å². The molecular weight excluding hydrogens is 212 g/mol. The SMILES string of the molecule is CCC(C)(CC)OC(=O)C(C(C)C)C1CC1C. The summed E-state index contributed by atoms with van der Waals surface area (Å²) in [4.78, 5) is 12.3. The fraction of sp³-hybridized carbons (Fsp3) is 0.933. The Morgan fingerprint density at radius 1 is 1.35 bits per heavy atom. The van der Waals surface area contributed by atoms with E-state index in [4.69, 9.17) is 4.74 Å². The van der Waals surface area contributed by atoms with Gasteiger partial charge in [-0.15, -0.1) is 0 Å². The topological polar surface area (TPSA) is 26.3 Å². The van der Waals surface area contributed by atoms with Crippen LogP contribution in [0.4, 0.5) is 0 Å². The Labute approximate surface area is 106 Å². The molecular formula is C15H28O2. The Balaban J connectivity index is 2.66. The molecule has 1 aliphatic carbocycles. The molecule has 0 aliphatic heterocycles. The van der Waals surface area contributed by atoms with Gasteiger partial charge in [0.2, 0.25) is 0 Å². The van der Waals surface area contributed by atoms with Crippen LogP contribution in [-0.4, -0.2) is 11.6 Å². The van der Waals surface area contributed by atoms with Crippen molar-refractivity contribution in [1.29, 1.82) is 0 Å². The zero-order chi connectivity index (χ0) is 13.2. The van der Waals surface area contributed by atoms with E-state index in [-0.39, 0.29) is 17.5 Å². The normalized spacial score (nSPS) is 25.8. The lowest BCUT2D eigenvalue weighted by Crippen LogP contribution is -2.35. The van der Waals surface area contributed by atoms with Gasteiger partial charge in [0.25, 0.3) is 0 Å². The minimum atomic E-state index is -0.275. The monoisotopic (exact) mass is 240 g/mol. The number of rotatable bonds is 6. The van der Waals surface area contributed by atoms with Gasteiger partial charge < -0.3 is 4.74 Å². The summed E-state index contributed by atoms with van der Waals surface area (Å²) in [7, 11) is 0. The number of carbonyl (C=O) groups excluding carboxylic acids is 1. The summed E-state index contributed by atoms with van der Waals surface area (Å²) in [6.45, 7) is 12.7. The molecule has 1 rings (SSSR count). The molecule has 0 aromatic rings. The summed E-state index contributed by atoms with van der Waals surface area (Å²) >= 11 is 0. The maximum absolute atomic E-state index is 12.3. The summed E-state index contributed by atoms with van der Waals surface area (Å²) in [5.41, 5.74) is -0.275. The first-order chi connectivity index (χ1) is 7.84. The van der Waals surface area contributed by atoms with Gasteiger partial charge in [0.15, 0.2) is 0 Å². The Hall–Kier alpha value is -0.530. The van der Waals surface area contributed by atoms with Gasteiger partial charge in [-0.2, -0.15) is 0 Å². The van der Waals surface area contributed by atoms with Crippen molar-refractivity contribution >= 4 is 5.97 Å². The molecule has 1 saturated carbocycles. The molecule has 0 saturated heterocycles. The van der Waals surface area contributed by atoms with E-state index in [9.17, 15) is 4.79 Å². The lowest BCUT2D eigenvalue weighted by Gasteiger charge is -2.30. The lowest BCUT2D eigenvalue weighted by molar-refractivity contribution is -0.166. The number of carbonyl (C=O) groups is 1. The number of hydrogen-bond acceptors (Lipinski definition) is 2. The second-order valence-corrected chi connectivity index (χ2v) is 6.22. The molecule has 0 spiro atoms. The summed E-state index contributed by atoms with van der Waals surface area (Å²) in [5, 5.41) is 0. The molecule has 0 radical (unpaired) electrons. The van der Waals surface area contributed by atoms with Crippen LogP contribution in [-0.2, 0) is 9.53 Å². The minimum Gasteiger partial charge on any atom is -0.459 e. The molecule has 1 fully saturated rings. The third kappa shape index (κ3) is 3.46. The van der Waals surface area contributed by atoms with Crippen molar-refractivity contribution in [2.75, 3.05) is 0 Å². The first-order valence-corrected chi connectivity index (χ1v) is 7.07. The van der Waals surface area contributed by atoms with E-state index in [0.717, 1.165) is 12.8 Å². The van der Waals surface area contributed by atoms with Gasteiger partial charge in [0.05, 0.1) is 5.92 Å². The molecule has 0 amide bonds. The summed E-state index contributed by atoms with van der Waals surface area (Å²) < 4.78 is 5.77. The molecule has 0 heterocycles. The molecule has 3 atom stereocenters. The molecule has 0 aromatic heterocycles. The van der Waals surface area contributed by atoms with Crippen molar-refractivity contribution in [2.24, 2.45) is 23.7 Å². The van der Waals surface area contributed by atoms with Crippen LogP contribution >= 0.6 is 0 Å². The summed E-state index contributed by atoms with van der Waals surface area (Å²) in [6.07, 6.45) is 2.97. The van der Waals surface area contributed by atoms with Crippen molar-refractivity contribution in [2.45, 2.75) is 66.4 Å². The third-order valence-corrected chi connectivity index (χ3v) is 4.47. The van der Waals surface area contributed by atoms with Crippen LogP contribution in [0.15, 0.2) is 0 Å². The number of esters is 1. The minimum absolute atomic E-state index is 0.0283. The van der Waals surface area contributed by atoms with Crippen LogP contribution in [0.1, 0.15) is 60.8 Å². The van der Waals surface area contributed by atoms with Crippen molar-refractivity contribution in [3.63, 3.8) is 0 Å². The van der Waals surface area contributed by atoms with Gasteiger partial charge in [0.1, 0.15) is 5.60 Å². The van der Waals surface area contributed by atoms with Crippen molar-refractivity contribution < 1.29 is 9.53 Å². The van der Waals surface area contributed by atoms with E-state index in [2.05, 4.69) is 34.6 Å². The van der Waals surface area contributed by atoms with Gasteiger partial charge in [-0.3, -0.25) is 4.79 Å². The highest BCUT2D eigenvalue weighted by molar-refractivity contribution is 5.74. The highest BCUT2D eigenvalue weighted by Crippen LogP contribution is 2.47. The van der Waals surface area contributed by atoms with Gasteiger partial charge >= 0.3 is 5.97 Å². The average molecular weight is 240 g/mol. The second kappa shape index (κ2) is 5.41. The first kappa shape index (κ1) is 14.5. The van der Waals surface area contributed by atoms with Gasteiger partial charge in [-0.05, 0) is 43.9 Å². The largest absolute Gasteiger partial charge is 0.459 e. The quantitative estimate of drug-likeness (QED) is 0.655. The van der Waals surface area contributed by atoms with E-state index in [0.29, 0.717) is 17.8 Å². The van der Waals surface area contributed by atoms with Crippen LogP contribution in [0, 0.1) is 23.7 Å². The van der Waals surface area contributed by atoms with Crippen LogP contribution in [0.2, 0.25) is 0 Å². The van der Waals surface area contributed by atoms with Crippen LogP contribution in [0.25, 0.3) is 0 Å². The molecule has 100 valence electrons. The van der Waals surface area contributed by atoms with E-state index in [1.807, 2.05) is 6.92 Å². The molecule has 2 heteroatoms. The molecule has 0 bridgehead atoms. The van der Waals surface area contributed by atoms with Crippen LogP contribution in [0.3, 0.4) is 0 Å². The molecule has 0 N–H and O–H groups in total. The summed E-state index contributed by atoms with van der Waals surface area (Å²) in [6, 6.07) is 0. The smallest absolute Gasteiger partial charge is 0.310 e. The molecule has 0 aromatic carbocycles. The van der Waals surface area contributed by atoms with Gasteiger partial charge in [0, 0.05) is 0 Å². The van der Waals surface area contributed by atoms with Crippen molar-refractivity contribution in [3.05, 3.63) is 0 Å². The van der Waals surface area contributed by atoms with E-state index < -0.39 is 0 Å². The van der Waals surface area contributed by atoms with Crippen molar-refractivity contribution in [1.82, 2.24) is 0 Å². The van der Waals surface area contributed by atoms with E-state index in [1.54, 1.807) is 0 Å². The highest BCUT2D eigenvalue weighted by Gasteiger charge is 2.46. The predicted molar refractivity (Wildman–Crippen MR) is 70.7 cm³/mol. The zero-order valence-corrected chi connectivity index (χ0v) is 12.2. The van der Waals surface area contributed by atoms with Crippen molar-refractivity contribution in [3.8, 4) is 0 Å². The lowest BCUT2D eigenvalue weighted by atomic mass is 9.89. The zero-order valence-electron chi connectivity index (χ0n) is 12.2. The van der Waals surface area contributed by atoms with E-state index >= 15 is 0 Å². The fourth-order valence-electron chi connectivity index (χ4n) is 2.50. The molecule has 17 heavy (non-hydrogen) atoms. The standard InChI is InChI=1S/C15H28O2/c1-7-15(6,8-2)17-14(16)13(10(3)4)12-9-11(12)5/h10-13H,7-9H2,1-6H3. The molecule has 1 aliphatic rings. The Morgan fingerprint density at radius 2 is 1.82 bits per heavy atom. The molecule has 3 unspecified atom stereocenters. The number of ether oxygens (including phenoxy) is 1. The maximum atomic E-state index is 12.3. The van der Waals surface area contributed by atoms with E-state index in [1.165, 1.54) is 6.42 Å². The molecule has 2 nitrogen and oxygen atoms in total. The highest BCUT2D eigenvalue weighted by atomic mass is 16.6. The van der Waals surface area contributed by atoms with Crippen LogP contribution < -0.4 is 0 Å². The maximum Gasteiger partial charge on any atom is 0.310 e. The van der Waals surface area contributed by atoms with Gasteiger partial charge in [-0.25, -0.2) is 0 Å². The Kier molecular flexibility index (Phi) is 4.62. The Morgan fingerprint density at radius 3 is 2.12 bits per heavy atom.